The van der Waals surface area contributed by atoms with Gasteiger partial charge in [0.25, 0.3) is 11.5 Å². The number of pyridine rings is 1. The Morgan fingerprint density at radius 3 is 2.41 bits per heavy atom. The van der Waals surface area contributed by atoms with Crippen LogP contribution in [0.1, 0.15) is 18.9 Å². The molecule has 0 spiro atoms. The fourth-order valence-corrected chi connectivity index (χ4v) is 3.44. The van der Waals surface area contributed by atoms with Gasteiger partial charge in [0.05, 0.1) is 0 Å². The number of rotatable bonds is 6. The van der Waals surface area contributed by atoms with Crippen LogP contribution in [0.4, 0.5) is 4.39 Å². The first kappa shape index (κ1) is 20.8. The van der Waals surface area contributed by atoms with Gasteiger partial charge < -0.3 is 4.57 Å². The second kappa shape index (κ2) is 7.61. The quantitative estimate of drug-likeness (QED) is 0.571. The maximum Gasteiger partial charge on any atom is 0.264 e. The van der Waals surface area contributed by atoms with Crippen LogP contribution in [-0.2, 0) is 21.2 Å². The molecule has 146 valence electrons. The number of nitrogens with zero attached hydrogens (tertiary/aromatic N) is 1. The third-order valence-electron chi connectivity index (χ3n) is 4.67. The van der Waals surface area contributed by atoms with Gasteiger partial charge in [0, 0.05) is 30.6 Å². The van der Waals surface area contributed by atoms with Crippen LogP contribution in [0.25, 0.3) is 11.1 Å². The molecule has 1 aromatic heterocycles. The topological polar surface area (TPSA) is 105 Å². The zero-order chi connectivity index (χ0) is 20.4. The highest BCUT2D eigenvalue weighted by Gasteiger charge is 2.43. The Balaban J connectivity index is 2.35. The van der Waals surface area contributed by atoms with Gasteiger partial charge in [0.2, 0.25) is 0 Å². The predicted molar refractivity (Wildman–Crippen MR) is 98.6 cm³/mol. The Hall–Kier alpha value is -2.52. The molecule has 0 saturated carbocycles. The molecule has 0 aliphatic heterocycles. The largest absolute Gasteiger partial charge is 0.312 e. The van der Waals surface area contributed by atoms with Gasteiger partial charge in [-0.25, -0.2) is 18.3 Å². The number of aryl methyl sites for hydroxylation is 2. The zero-order valence-corrected chi connectivity index (χ0v) is 16.0. The lowest BCUT2D eigenvalue weighted by atomic mass is 10.0. The van der Waals surface area contributed by atoms with Crippen LogP contribution in [-0.4, -0.2) is 35.1 Å². The molecule has 0 fully saturated rings. The van der Waals surface area contributed by atoms with Crippen LogP contribution < -0.4 is 11.0 Å². The smallest absolute Gasteiger partial charge is 0.264 e. The molecule has 1 atom stereocenters. The average molecular weight is 396 g/mol. The second-order valence-corrected chi connectivity index (χ2v) is 9.07. The van der Waals surface area contributed by atoms with Crippen LogP contribution in [0.2, 0.25) is 0 Å². The van der Waals surface area contributed by atoms with Gasteiger partial charge >= 0.3 is 0 Å². The van der Waals surface area contributed by atoms with Crippen LogP contribution in [0.15, 0.2) is 41.3 Å². The number of carbonyl (C=O) groups is 1. The minimum atomic E-state index is -3.91. The molecule has 0 aliphatic rings. The van der Waals surface area contributed by atoms with Crippen molar-refractivity contribution in [2.24, 2.45) is 0 Å². The van der Waals surface area contributed by atoms with Crippen molar-refractivity contribution in [2.75, 3.05) is 6.26 Å². The summed E-state index contributed by atoms with van der Waals surface area (Å²) >= 11 is 0. The third kappa shape index (κ3) is 4.25. The lowest BCUT2D eigenvalue weighted by molar-refractivity contribution is -0.131. The van der Waals surface area contributed by atoms with Crippen molar-refractivity contribution in [3.8, 4) is 11.1 Å². The van der Waals surface area contributed by atoms with E-state index in [2.05, 4.69) is 0 Å². The van der Waals surface area contributed by atoms with E-state index < -0.39 is 31.9 Å². The van der Waals surface area contributed by atoms with Crippen LogP contribution in [0.3, 0.4) is 0 Å². The summed E-state index contributed by atoms with van der Waals surface area (Å²) in [5.41, 5.74) is 2.47. The first-order valence-corrected chi connectivity index (χ1v) is 10.00. The van der Waals surface area contributed by atoms with Crippen molar-refractivity contribution in [1.29, 1.82) is 0 Å². The molecule has 2 N–H and O–H groups in total. The molecule has 9 heteroatoms. The second-order valence-electron chi connectivity index (χ2n) is 6.63. The van der Waals surface area contributed by atoms with Crippen molar-refractivity contribution in [3.05, 3.63) is 58.3 Å². The number of hydrogen-bond donors (Lipinski definition) is 2. The van der Waals surface area contributed by atoms with Gasteiger partial charge in [0.15, 0.2) is 14.6 Å². The summed E-state index contributed by atoms with van der Waals surface area (Å²) in [6.07, 6.45) is 1.52. The fraction of sp³-hybridized carbons (Fsp3) is 0.333. The molecule has 7 nitrogen and oxygen atoms in total. The molecular formula is C18H21FN2O5S. The van der Waals surface area contributed by atoms with E-state index >= 15 is 0 Å². The predicted octanol–water partition coefficient (Wildman–Crippen LogP) is 1.66. The number of amides is 1. The Labute approximate surface area is 156 Å². The Morgan fingerprint density at radius 1 is 1.30 bits per heavy atom. The highest BCUT2D eigenvalue weighted by atomic mass is 32.2. The molecule has 0 bridgehead atoms. The molecule has 27 heavy (non-hydrogen) atoms. The third-order valence-corrected chi connectivity index (χ3v) is 6.70. The highest BCUT2D eigenvalue weighted by Crippen LogP contribution is 2.24. The molecular weight excluding hydrogens is 375 g/mol. The van der Waals surface area contributed by atoms with Gasteiger partial charge in [-0.05, 0) is 25.8 Å². The van der Waals surface area contributed by atoms with E-state index in [0.29, 0.717) is 5.56 Å². The van der Waals surface area contributed by atoms with E-state index in [1.165, 1.54) is 5.48 Å². The summed E-state index contributed by atoms with van der Waals surface area (Å²) in [4.78, 5) is 24.2. The maximum atomic E-state index is 14.5. The van der Waals surface area contributed by atoms with Gasteiger partial charge in [0.1, 0.15) is 5.82 Å². The summed E-state index contributed by atoms with van der Waals surface area (Å²) in [5.74, 6) is -1.76. The Bertz CT molecular complexity index is 1020. The number of hydroxylamine groups is 1. The summed E-state index contributed by atoms with van der Waals surface area (Å²) in [6.45, 7) is 2.80. The molecule has 2 rings (SSSR count). The number of hydrogen-bond acceptors (Lipinski definition) is 5. The van der Waals surface area contributed by atoms with E-state index in [1.54, 1.807) is 24.3 Å². The SMILES string of the molecule is Cc1ccc(-c2cc(=O)n(CC[C@](C)(C(=O)NO)S(C)(=O)=O)cc2F)cc1. The zero-order valence-electron chi connectivity index (χ0n) is 15.2. The molecule has 1 heterocycles. The number of benzene rings is 1. The first-order chi connectivity index (χ1) is 12.5. The number of halogens is 1. The highest BCUT2D eigenvalue weighted by molar-refractivity contribution is 7.92. The summed E-state index contributed by atoms with van der Waals surface area (Å²) in [5, 5.41) is 8.82. The molecule has 1 aromatic carbocycles. The normalized spacial score (nSPS) is 13.8. The van der Waals surface area contributed by atoms with Crippen molar-refractivity contribution in [1.82, 2.24) is 10.0 Å². The first-order valence-electron chi connectivity index (χ1n) is 8.11. The standard InChI is InChI=1S/C18H21FN2O5S/c1-12-4-6-13(7-5-12)14-10-16(22)21(11-15(14)19)9-8-18(2,17(23)20-24)27(3,25)26/h4-7,10-11,24H,8-9H2,1-3H3,(H,20,23)/t18-/m1/s1. The number of sulfone groups is 1. The summed E-state index contributed by atoms with van der Waals surface area (Å²) < 4.78 is 37.5. The van der Waals surface area contributed by atoms with E-state index in [9.17, 15) is 22.4 Å². The van der Waals surface area contributed by atoms with Crippen LogP contribution >= 0.6 is 0 Å². The van der Waals surface area contributed by atoms with Crippen LogP contribution in [0.5, 0.6) is 0 Å². The van der Waals surface area contributed by atoms with Crippen molar-refractivity contribution in [3.63, 3.8) is 0 Å². The summed E-state index contributed by atoms with van der Waals surface area (Å²) in [6, 6.07) is 8.12. The van der Waals surface area contributed by atoms with Crippen LogP contribution in [0, 0.1) is 12.7 Å². The van der Waals surface area contributed by atoms with Crippen molar-refractivity contribution >= 4 is 15.7 Å². The van der Waals surface area contributed by atoms with Gasteiger partial charge in [-0.15, -0.1) is 0 Å². The number of aromatic nitrogens is 1. The molecule has 0 radical (unpaired) electrons. The van der Waals surface area contributed by atoms with Gasteiger partial charge in [-0.1, -0.05) is 29.8 Å². The fourth-order valence-electron chi connectivity index (χ4n) is 2.59. The number of nitrogens with one attached hydrogen (secondary N) is 1. The van der Waals surface area contributed by atoms with E-state index in [1.807, 2.05) is 6.92 Å². The molecule has 2 aromatic rings. The average Bonchev–Trinajstić information content (AvgIpc) is 2.60. The van der Waals surface area contributed by atoms with Crippen molar-refractivity contribution < 1.29 is 22.8 Å². The number of carbonyl (C=O) groups excluding carboxylic acids is 1. The monoisotopic (exact) mass is 396 g/mol. The molecule has 0 aliphatic carbocycles. The Kier molecular flexibility index (Phi) is 5.86. The molecule has 1 amide bonds. The van der Waals surface area contributed by atoms with E-state index in [4.69, 9.17) is 5.21 Å². The Morgan fingerprint density at radius 2 is 1.89 bits per heavy atom. The lowest BCUT2D eigenvalue weighted by Gasteiger charge is -2.25. The summed E-state index contributed by atoms with van der Waals surface area (Å²) in [7, 11) is -3.91. The molecule has 0 saturated heterocycles. The lowest BCUT2D eigenvalue weighted by Crippen LogP contribution is -2.50. The van der Waals surface area contributed by atoms with E-state index in [0.717, 1.165) is 35.6 Å². The van der Waals surface area contributed by atoms with E-state index in [-0.39, 0.29) is 18.5 Å². The van der Waals surface area contributed by atoms with Crippen molar-refractivity contribution in [2.45, 2.75) is 31.6 Å². The minimum Gasteiger partial charge on any atom is -0.312 e. The van der Waals surface area contributed by atoms with Gasteiger partial charge in [-0.2, -0.15) is 0 Å². The molecule has 0 unspecified atom stereocenters. The van der Waals surface area contributed by atoms with Gasteiger partial charge in [-0.3, -0.25) is 14.8 Å². The maximum absolute atomic E-state index is 14.5. The minimum absolute atomic E-state index is 0.134.